The van der Waals surface area contributed by atoms with E-state index >= 15 is 0 Å². The van der Waals surface area contributed by atoms with Crippen LogP contribution < -0.4 is 5.32 Å². The SMILES string of the molecule is CCC(CC1CC1)NCC(O)c1ccc(F)c(F)c1. The number of hydrogen-bond acceptors (Lipinski definition) is 2. The van der Waals surface area contributed by atoms with E-state index in [1.807, 2.05) is 0 Å². The van der Waals surface area contributed by atoms with Gasteiger partial charge in [0, 0.05) is 12.6 Å². The molecule has 2 nitrogen and oxygen atoms in total. The van der Waals surface area contributed by atoms with Gasteiger partial charge in [-0.25, -0.2) is 8.78 Å². The average Bonchev–Trinajstić information content (AvgIpc) is 3.21. The van der Waals surface area contributed by atoms with Gasteiger partial charge in [0.15, 0.2) is 11.6 Å². The molecule has 2 unspecified atom stereocenters. The van der Waals surface area contributed by atoms with Gasteiger partial charge in [0.1, 0.15) is 0 Å². The molecular weight excluding hydrogens is 248 g/mol. The minimum atomic E-state index is -0.915. The standard InChI is InChI=1S/C15H21F2NO/c1-2-12(7-10-3-4-10)18-9-15(19)11-5-6-13(16)14(17)8-11/h5-6,8,10,12,15,18-19H,2-4,7,9H2,1H3. The van der Waals surface area contributed by atoms with Gasteiger partial charge in [0.25, 0.3) is 0 Å². The number of halogens is 2. The Morgan fingerprint density at radius 2 is 2.05 bits per heavy atom. The van der Waals surface area contributed by atoms with Crippen molar-refractivity contribution in [1.29, 1.82) is 0 Å². The molecule has 1 saturated carbocycles. The van der Waals surface area contributed by atoms with Crippen LogP contribution in [0.2, 0.25) is 0 Å². The quantitative estimate of drug-likeness (QED) is 0.797. The monoisotopic (exact) mass is 269 g/mol. The van der Waals surface area contributed by atoms with Gasteiger partial charge >= 0.3 is 0 Å². The topological polar surface area (TPSA) is 32.3 Å². The summed E-state index contributed by atoms with van der Waals surface area (Å²) >= 11 is 0. The summed E-state index contributed by atoms with van der Waals surface area (Å²) in [6.45, 7) is 2.49. The predicted octanol–water partition coefficient (Wildman–Crippen LogP) is 3.17. The molecule has 1 aromatic rings. The maximum absolute atomic E-state index is 13.1. The van der Waals surface area contributed by atoms with Crippen molar-refractivity contribution in [2.24, 2.45) is 5.92 Å². The summed E-state index contributed by atoms with van der Waals surface area (Å²) in [4.78, 5) is 0. The molecule has 0 radical (unpaired) electrons. The summed E-state index contributed by atoms with van der Waals surface area (Å²) in [6.07, 6.45) is 3.97. The van der Waals surface area contributed by atoms with Crippen LogP contribution in [0.3, 0.4) is 0 Å². The molecule has 0 bridgehead atoms. The van der Waals surface area contributed by atoms with Crippen molar-refractivity contribution in [2.75, 3.05) is 6.54 Å². The molecule has 1 aromatic carbocycles. The van der Waals surface area contributed by atoms with Gasteiger partial charge in [-0.05, 0) is 36.5 Å². The number of hydrogen-bond donors (Lipinski definition) is 2. The molecule has 0 spiro atoms. The maximum atomic E-state index is 13.1. The second-order valence-electron chi connectivity index (χ2n) is 5.38. The zero-order chi connectivity index (χ0) is 13.8. The Hall–Kier alpha value is -1.00. The van der Waals surface area contributed by atoms with E-state index in [9.17, 15) is 13.9 Å². The lowest BCUT2D eigenvalue weighted by Crippen LogP contribution is -2.32. The zero-order valence-corrected chi connectivity index (χ0v) is 11.2. The first-order chi connectivity index (χ1) is 9.10. The first-order valence-electron chi connectivity index (χ1n) is 6.96. The highest BCUT2D eigenvalue weighted by Gasteiger charge is 2.24. The molecule has 2 atom stereocenters. The Morgan fingerprint density at radius 1 is 1.32 bits per heavy atom. The lowest BCUT2D eigenvalue weighted by molar-refractivity contribution is 0.167. The summed E-state index contributed by atoms with van der Waals surface area (Å²) < 4.78 is 25.9. The smallest absolute Gasteiger partial charge is 0.159 e. The molecule has 0 aliphatic heterocycles. The minimum absolute atomic E-state index is 0.371. The van der Waals surface area contributed by atoms with Crippen LogP contribution in [0.25, 0.3) is 0 Å². The Labute approximate surface area is 112 Å². The third kappa shape index (κ3) is 4.25. The zero-order valence-electron chi connectivity index (χ0n) is 11.2. The van der Waals surface area contributed by atoms with E-state index in [1.165, 1.54) is 18.9 Å². The second kappa shape index (κ2) is 6.44. The van der Waals surface area contributed by atoms with Crippen LogP contribution in [0.15, 0.2) is 18.2 Å². The van der Waals surface area contributed by atoms with E-state index in [2.05, 4.69) is 12.2 Å². The molecule has 1 fully saturated rings. The van der Waals surface area contributed by atoms with Gasteiger partial charge in [0.05, 0.1) is 6.10 Å². The molecular formula is C15H21F2NO. The fraction of sp³-hybridized carbons (Fsp3) is 0.600. The second-order valence-corrected chi connectivity index (χ2v) is 5.38. The first kappa shape index (κ1) is 14.4. The Balaban J connectivity index is 1.84. The number of nitrogens with one attached hydrogen (secondary N) is 1. The molecule has 1 aliphatic carbocycles. The minimum Gasteiger partial charge on any atom is -0.387 e. The summed E-state index contributed by atoms with van der Waals surface area (Å²) in [5, 5.41) is 13.3. The van der Waals surface area contributed by atoms with Crippen LogP contribution in [0.1, 0.15) is 44.3 Å². The van der Waals surface area contributed by atoms with Crippen LogP contribution >= 0.6 is 0 Å². The Bertz CT molecular complexity index is 421. The van der Waals surface area contributed by atoms with Crippen molar-refractivity contribution < 1.29 is 13.9 Å². The van der Waals surface area contributed by atoms with Crippen LogP contribution in [0, 0.1) is 17.6 Å². The van der Waals surface area contributed by atoms with E-state index in [-0.39, 0.29) is 0 Å². The maximum Gasteiger partial charge on any atom is 0.159 e. The number of benzene rings is 1. The Kier molecular flexibility index (Phi) is 4.88. The number of aliphatic hydroxyl groups excluding tert-OH is 1. The fourth-order valence-electron chi connectivity index (χ4n) is 2.27. The molecule has 0 amide bonds. The molecule has 1 aliphatic rings. The Morgan fingerprint density at radius 3 is 2.63 bits per heavy atom. The number of rotatable bonds is 7. The van der Waals surface area contributed by atoms with E-state index in [4.69, 9.17) is 0 Å². The van der Waals surface area contributed by atoms with E-state index in [1.54, 1.807) is 0 Å². The van der Waals surface area contributed by atoms with Gasteiger partial charge < -0.3 is 10.4 Å². The van der Waals surface area contributed by atoms with Gasteiger partial charge in [-0.1, -0.05) is 25.8 Å². The van der Waals surface area contributed by atoms with Crippen LogP contribution in [-0.4, -0.2) is 17.7 Å². The molecule has 2 N–H and O–H groups in total. The summed E-state index contributed by atoms with van der Waals surface area (Å²) in [6, 6.07) is 3.93. The predicted molar refractivity (Wildman–Crippen MR) is 70.7 cm³/mol. The van der Waals surface area contributed by atoms with Gasteiger partial charge in [-0.3, -0.25) is 0 Å². The highest BCUT2D eigenvalue weighted by molar-refractivity contribution is 5.20. The van der Waals surface area contributed by atoms with Gasteiger partial charge in [-0.2, -0.15) is 0 Å². The van der Waals surface area contributed by atoms with E-state index in [0.717, 1.165) is 30.9 Å². The fourth-order valence-corrected chi connectivity index (χ4v) is 2.27. The third-order valence-electron chi connectivity index (χ3n) is 3.74. The van der Waals surface area contributed by atoms with Crippen LogP contribution in [-0.2, 0) is 0 Å². The van der Waals surface area contributed by atoms with Gasteiger partial charge in [0.2, 0.25) is 0 Å². The summed E-state index contributed by atoms with van der Waals surface area (Å²) in [5.74, 6) is -0.969. The van der Waals surface area contributed by atoms with Crippen molar-refractivity contribution >= 4 is 0 Å². The molecule has 0 aromatic heterocycles. The molecule has 19 heavy (non-hydrogen) atoms. The lowest BCUT2D eigenvalue weighted by atomic mass is 10.1. The van der Waals surface area contributed by atoms with Crippen molar-refractivity contribution in [3.8, 4) is 0 Å². The van der Waals surface area contributed by atoms with Crippen molar-refractivity contribution in [2.45, 2.75) is 44.8 Å². The molecule has 106 valence electrons. The number of aliphatic hydroxyl groups is 1. The molecule has 4 heteroatoms. The van der Waals surface area contributed by atoms with Gasteiger partial charge in [-0.15, -0.1) is 0 Å². The lowest BCUT2D eigenvalue weighted by Gasteiger charge is -2.19. The van der Waals surface area contributed by atoms with Crippen molar-refractivity contribution in [3.63, 3.8) is 0 Å². The van der Waals surface area contributed by atoms with E-state index < -0.39 is 17.7 Å². The van der Waals surface area contributed by atoms with Crippen LogP contribution in [0.4, 0.5) is 8.78 Å². The largest absolute Gasteiger partial charge is 0.387 e. The summed E-state index contributed by atoms with van der Waals surface area (Å²) in [5.41, 5.74) is 0.410. The van der Waals surface area contributed by atoms with Crippen LogP contribution in [0.5, 0.6) is 0 Å². The first-order valence-corrected chi connectivity index (χ1v) is 6.96. The van der Waals surface area contributed by atoms with Crippen molar-refractivity contribution in [3.05, 3.63) is 35.4 Å². The molecule has 2 rings (SSSR count). The molecule has 0 saturated heterocycles. The summed E-state index contributed by atoms with van der Waals surface area (Å²) in [7, 11) is 0. The normalized spacial score (nSPS) is 18.3. The molecule has 0 heterocycles. The highest BCUT2D eigenvalue weighted by atomic mass is 19.2. The average molecular weight is 269 g/mol. The third-order valence-corrected chi connectivity index (χ3v) is 3.74. The van der Waals surface area contributed by atoms with E-state index in [0.29, 0.717) is 18.2 Å². The highest BCUT2D eigenvalue weighted by Crippen LogP contribution is 2.34. The van der Waals surface area contributed by atoms with Crippen molar-refractivity contribution in [1.82, 2.24) is 5.32 Å².